The summed E-state index contributed by atoms with van der Waals surface area (Å²) in [5.74, 6) is -0.226. The van der Waals surface area contributed by atoms with Crippen molar-refractivity contribution in [1.82, 2.24) is 5.32 Å². The molecule has 2 aromatic rings. The molecule has 1 N–H and O–H groups in total. The zero-order chi connectivity index (χ0) is 22.5. The monoisotopic (exact) mass is 484 g/mol. The zero-order valence-electron chi connectivity index (χ0n) is 15.5. The Morgan fingerprint density at radius 3 is 2.33 bits per heavy atom. The fourth-order valence-electron chi connectivity index (χ4n) is 2.34. The minimum atomic E-state index is -4.70. The number of halogens is 5. The Morgan fingerprint density at radius 2 is 1.77 bits per heavy atom. The largest absolute Gasteiger partial charge is 0.492 e. The smallest absolute Gasteiger partial charge is 0.416 e. The van der Waals surface area contributed by atoms with Crippen LogP contribution < -0.4 is 14.4 Å². The number of amides is 1. The lowest BCUT2D eigenvalue weighted by atomic mass is 10.2. The number of anilines is 1. The van der Waals surface area contributed by atoms with E-state index in [1.54, 1.807) is 24.3 Å². The molecule has 0 radical (unpaired) electrons. The van der Waals surface area contributed by atoms with Gasteiger partial charge in [-0.25, -0.2) is 8.42 Å². The number of nitrogens with one attached hydrogen (secondary N) is 1. The van der Waals surface area contributed by atoms with E-state index in [2.05, 4.69) is 5.32 Å². The van der Waals surface area contributed by atoms with Gasteiger partial charge in [0.05, 0.1) is 29.1 Å². The quantitative estimate of drug-likeness (QED) is 0.575. The van der Waals surface area contributed by atoms with E-state index in [4.69, 9.17) is 27.9 Å². The van der Waals surface area contributed by atoms with Crippen LogP contribution >= 0.6 is 23.2 Å². The summed E-state index contributed by atoms with van der Waals surface area (Å²) in [5, 5.41) is 2.73. The lowest BCUT2D eigenvalue weighted by Crippen LogP contribution is -2.41. The van der Waals surface area contributed by atoms with Gasteiger partial charge >= 0.3 is 6.18 Å². The summed E-state index contributed by atoms with van der Waals surface area (Å²) in [5.41, 5.74) is -1.53. The number of hydrogen-bond acceptors (Lipinski definition) is 4. The van der Waals surface area contributed by atoms with E-state index in [0.717, 1.165) is 18.4 Å². The van der Waals surface area contributed by atoms with Crippen LogP contribution in [0.2, 0.25) is 10.0 Å². The van der Waals surface area contributed by atoms with Gasteiger partial charge in [-0.15, -0.1) is 0 Å². The van der Waals surface area contributed by atoms with Crippen molar-refractivity contribution < 1.29 is 31.1 Å². The number of benzene rings is 2. The second kappa shape index (κ2) is 9.76. The van der Waals surface area contributed by atoms with E-state index in [9.17, 15) is 26.4 Å². The highest BCUT2D eigenvalue weighted by Gasteiger charge is 2.33. The van der Waals surface area contributed by atoms with Gasteiger partial charge in [-0.3, -0.25) is 9.10 Å². The van der Waals surface area contributed by atoms with Crippen LogP contribution in [0, 0.1) is 0 Å². The number of ether oxygens (including phenoxy) is 1. The molecule has 0 heterocycles. The summed E-state index contributed by atoms with van der Waals surface area (Å²) in [6.07, 6.45) is -3.94. The van der Waals surface area contributed by atoms with Crippen LogP contribution in [0.1, 0.15) is 5.56 Å². The summed E-state index contributed by atoms with van der Waals surface area (Å²) in [4.78, 5) is 12.2. The third-order valence-electron chi connectivity index (χ3n) is 3.74. The van der Waals surface area contributed by atoms with E-state index in [-0.39, 0.29) is 18.2 Å². The Balaban J connectivity index is 2.05. The van der Waals surface area contributed by atoms with E-state index in [1.165, 1.54) is 0 Å². The van der Waals surface area contributed by atoms with Gasteiger partial charge in [0.1, 0.15) is 18.9 Å². The van der Waals surface area contributed by atoms with Gasteiger partial charge in [-0.1, -0.05) is 23.2 Å². The second-order valence-corrected chi connectivity index (χ2v) is 8.84. The van der Waals surface area contributed by atoms with Gasteiger partial charge in [0, 0.05) is 5.02 Å². The normalized spacial score (nSPS) is 11.8. The van der Waals surface area contributed by atoms with E-state index in [1.807, 2.05) is 0 Å². The van der Waals surface area contributed by atoms with Crippen molar-refractivity contribution in [2.75, 3.05) is 30.3 Å². The first-order valence-corrected chi connectivity index (χ1v) is 11.0. The first-order chi connectivity index (χ1) is 13.9. The highest BCUT2D eigenvalue weighted by Crippen LogP contribution is 2.36. The molecule has 0 atom stereocenters. The highest BCUT2D eigenvalue weighted by atomic mass is 35.5. The van der Waals surface area contributed by atoms with Gasteiger partial charge in [0.25, 0.3) is 0 Å². The lowest BCUT2D eigenvalue weighted by Gasteiger charge is -2.24. The lowest BCUT2D eigenvalue weighted by molar-refractivity contribution is -0.137. The second-order valence-electron chi connectivity index (χ2n) is 6.09. The van der Waals surface area contributed by atoms with E-state index >= 15 is 0 Å². The number of nitrogens with zero attached hydrogens (tertiary/aromatic N) is 1. The maximum absolute atomic E-state index is 13.0. The van der Waals surface area contributed by atoms with Crippen LogP contribution in [-0.2, 0) is 21.0 Å². The minimum Gasteiger partial charge on any atom is -0.492 e. The molecule has 2 aromatic carbocycles. The predicted octanol–water partition coefficient (Wildman–Crippen LogP) is 3.97. The van der Waals surface area contributed by atoms with Crippen molar-refractivity contribution in [3.63, 3.8) is 0 Å². The molecule has 0 unspecified atom stereocenters. The number of carbonyl (C=O) groups is 1. The SMILES string of the molecule is CS(=O)(=O)N(CC(=O)NCCOc1ccc(Cl)cc1)c1cc(C(F)(F)F)ccc1Cl. The maximum atomic E-state index is 13.0. The average Bonchev–Trinajstić information content (AvgIpc) is 2.63. The minimum absolute atomic E-state index is 0.0371. The molecular weight excluding hydrogens is 468 g/mol. The Morgan fingerprint density at radius 1 is 1.13 bits per heavy atom. The molecule has 0 spiro atoms. The van der Waals surface area contributed by atoms with Gasteiger partial charge < -0.3 is 10.1 Å². The van der Waals surface area contributed by atoms with Crippen LogP contribution in [0.4, 0.5) is 18.9 Å². The van der Waals surface area contributed by atoms with Crippen molar-refractivity contribution in [1.29, 1.82) is 0 Å². The zero-order valence-corrected chi connectivity index (χ0v) is 17.9. The molecule has 164 valence electrons. The van der Waals surface area contributed by atoms with Crippen molar-refractivity contribution in [3.05, 3.63) is 58.1 Å². The fourth-order valence-corrected chi connectivity index (χ4v) is 3.59. The summed E-state index contributed by atoms with van der Waals surface area (Å²) >= 11 is 11.7. The summed E-state index contributed by atoms with van der Waals surface area (Å²) in [6, 6.07) is 8.74. The topological polar surface area (TPSA) is 75.7 Å². The number of carbonyl (C=O) groups excluding carboxylic acids is 1. The molecule has 12 heteroatoms. The number of rotatable bonds is 8. The molecule has 0 saturated carbocycles. The standard InChI is InChI=1S/C18H17Cl2F3N2O4S/c1-30(27,28)25(16-10-12(18(21,22)23)2-7-15(16)20)11-17(26)24-8-9-29-14-5-3-13(19)4-6-14/h2-7,10H,8-9,11H2,1H3,(H,24,26). The third-order valence-corrected chi connectivity index (χ3v) is 5.43. The molecule has 6 nitrogen and oxygen atoms in total. The van der Waals surface area contributed by atoms with Crippen molar-refractivity contribution >= 4 is 44.8 Å². The first kappa shape index (κ1) is 24.1. The molecule has 30 heavy (non-hydrogen) atoms. The molecule has 2 rings (SSSR count). The Hall–Kier alpha value is -2.17. The molecular formula is C18H17Cl2F3N2O4S. The van der Waals surface area contributed by atoms with Crippen molar-refractivity contribution in [2.24, 2.45) is 0 Å². The molecule has 0 aromatic heterocycles. The molecule has 0 bridgehead atoms. The summed E-state index contributed by atoms with van der Waals surface area (Å²) in [6.45, 7) is -0.632. The van der Waals surface area contributed by atoms with Gasteiger partial charge in [-0.2, -0.15) is 13.2 Å². The molecule has 0 aliphatic carbocycles. The summed E-state index contributed by atoms with van der Waals surface area (Å²) < 4.78 is 69.0. The van der Waals surface area contributed by atoms with Crippen LogP contribution in [0.5, 0.6) is 5.75 Å². The molecule has 1 amide bonds. The molecule has 0 fully saturated rings. The maximum Gasteiger partial charge on any atom is 0.416 e. The Bertz CT molecular complexity index is 999. The number of hydrogen-bond donors (Lipinski definition) is 1. The predicted molar refractivity (Wildman–Crippen MR) is 109 cm³/mol. The number of alkyl halides is 3. The van der Waals surface area contributed by atoms with Gasteiger partial charge in [0.2, 0.25) is 15.9 Å². The molecule has 0 aliphatic rings. The van der Waals surface area contributed by atoms with E-state index < -0.39 is 39.9 Å². The van der Waals surface area contributed by atoms with Crippen LogP contribution in [0.15, 0.2) is 42.5 Å². The Kier molecular flexibility index (Phi) is 7.84. The third kappa shape index (κ3) is 6.96. The summed E-state index contributed by atoms with van der Waals surface area (Å²) in [7, 11) is -4.10. The Labute approximate surface area is 181 Å². The average molecular weight is 485 g/mol. The van der Waals surface area contributed by atoms with Gasteiger partial charge in [-0.05, 0) is 42.5 Å². The van der Waals surface area contributed by atoms with Gasteiger partial charge in [0.15, 0.2) is 0 Å². The highest BCUT2D eigenvalue weighted by molar-refractivity contribution is 7.92. The molecule has 0 saturated heterocycles. The van der Waals surface area contributed by atoms with Crippen LogP contribution in [0.25, 0.3) is 0 Å². The van der Waals surface area contributed by atoms with Crippen LogP contribution in [0.3, 0.4) is 0 Å². The number of sulfonamides is 1. The van der Waals surface area contributed by atoms with Crippen molar-refractivity contribution in [3.8, 4) is 5.75 Å². The van der Waals surface area contributed by atoms with E-state index in [0.29, 0.717) is 21.1 Å². The molecule has 0 aliphatic heterocycles. The van der Waals surface area contributed by atoms with Crippen molar-refractivity contribution in [2.45, 2.75) is 6.18 Å². The van der Waals surface area contributed by atoms with Crippen LogP contribution in [-0.4, -0.2) is 40.3 Å². The fraction of sp³-hybridized carbons (Fsp3) is 0.278. The first-order valence-electron chi connectivity index (χ1n) is 8.37.